The number of carbonyl (C=O) groups is 6. The smallest absolute Gasteiger partial charge is 0.413 e. The van der Waals surface area contributed by atoms with E-state index in [4.69, 9.17) is 14.5 Å². The topological polar surface area (TPSA) is 183 Å². The van der Waals surface area contributed by atoms with Crippen LogP contribution in [0.15, 0.2) is 103 Å². The number of fused-ring (bicyclic) bond motifs is 2. The van der Waals surface area contributed by atoms with Gasteiger partial charge in [0.1, 0.15) is 22.8 Å². The number of aromatic nitrogens is 3. The summed E-state index contributed by atoms with van der Waals surface area (Å²) in [7, 11) is 3.65. The first-order chi connectivity index (χ1) is 40.2. The van der Waals surface area contributed by atoms with E-state index in [2.05, 4.69) is 61.7 Å². The molecular weight excluding hydrogens is 1060 g/mol. The van der Waals surface area contributed by atoms with Crippen molar-refractivity contribution in [3.05, 3.63) is 137 Å². The van der Waals surface area contributed by atoms with Gasteiger partial charge in [0.2, 0.25) is 11.8 Å². The molecule has 18 heteroatoms. The van der Waals surface area contributed by atoms with Crippen LogP contribution < -0.4 is 15.0 Å². The number of piperidine rings is 3. The highest BCUT2D eigenvalue weighted by molar-refractivity contribution is 6.27. The number of benzene rings is 3. The van der Waals surface area contributed by atoms with Gasteiger partial charge in [-0.1, -0.05) is 36.4 Å². The number of ketones is 1. The van der Waals surface area contributed by atoms with Crippen molar-refractivity contribution in [2.24, 2.45) is 13.0 Å². The molecule has 11 rings (SSSR count). The Bertz CT molecular complexity index is 3460. The first kappa shape index (κ1) is 58.0. The number of likely N-dealkylation sites (tertiary alicyclic amines) is 3. The predicted molar refractivity (Wildman–Crippen MR) is 321 cm³/mol. The van der Waals surface area contributed by atoms with E-state index in [1.165, 1.54) is 16.2 Å². The minimum absolute atomic E-state index is 0.00849. The molecule has 0 saturated carbocycles. The summed E-state index contributed by atoms with van der Waals surface area (Å²) in [6.07, 6.45) is 6.64. The van der Waals surface area contributed by atoms with E-state index in [1.54, 1.807) is 43.6 Å². The highest BCUT2D eigenvalue weighted by Gasteiger charge is 2.53. The monoisotopic (exact) mass is 1140 g/mol. The average Bonchev–Trinajstić information content (AvgIpc) is 3.63. The summed E-state index contributed by atoms with van der Waals surface area (Å²) in [5.41, 5.74) is 7.60. The van der Waals surface area contributed by atoms with E-state index in [9.17, 15) is 28.8 Å². The van der Waals surface area contributed by atoms with E-state index in [1.807, 2.05) is 88.2 Å². The fraction of sp³-hybridized carbons (Fsp3) is 0.455. The molecule has 5 amide bonds. The van der Waals surface area contributed by atoms with E-state index in [-0.39, 0.29) is 24.4 Å². The summed E-state index contributed by atoms with van der Waals surface area (Å²) < 4.78 is 12.8. The van der Waals surface area contributed by atoms with Crippen LogP contribution in [-0.2, 0) is 49.5 Å². The van der Waals surface area contributed by atoms with Crippen LogP contribution in [0.4, 0.5) is 16.3 Å². The maximum atomic E-state index is 14.2. The largest absolute Gasteiger partial charge is 0.497 e. The number of methoxy groups -OCH3 is 1. The number of nitrogens with zero attached hydrogens (tertiary/aromatic N) is 9. The van der Waals surface area contributed by atoms with Crippen molar-refractivity contribution in [3.8, 4) is 16.9 Å². The van der Waals surface area contributed by atoms with Gasteiger partial charge in [-0.05, 0) is 175 Å². The van der Waals surface area contributed by atoms with E-state index in [0.29, 0.717) is 41.2 Å². The Labute approximate surface area is 492 Å². The van der Waals surface area contributed by atoms with Crippen LogP contribution in [0.1, 0.15) is 124 Å². The number of Topliss-reactive ketones (excluding diaryl/α,β-unsaturated/α-hetero) is 1. The quantitative estimate of drug-likeness (QED) is 0.0806. The zero-order valence-electron chi connectivity index (χ0n) is 49.7. The number of piperazine rings is 1. The van der Waals surface area contributed by atoms with Crippen molar-refractivity contribution >= 4 is 58.0 Å². The second-order valence-electron chi connectivity index (χ2n) is 25.1. The molecule has 0 spiro atoms. The molecule has 1 unspecified atom stereocenters. The molecule has 2 atom stereocenters. The van der Waals surface area contributed by atoms with Gasteiger partial charge in [0.25, 0.3) is 11.8 Å². The maximum Gasteiger partial charge on any atom is 0.413 e. The first-order valence-electron chi connectivity index (χ1n) is 29.7. The SMILES string of the molecule is COc1ccc(CN2C(=O)CC(=O)C(N3C(=O)C(C)(C)c4cc(CN5CCN(CC6CCN(C(=O)c7ccc(C8CCN([C@@H](C)c9cc%10c(-c%11ccc(NC(=O)OC(C)(C)C)nc%11)ccnc%10n9C)CC8)cc7)CC6)CC5)ccc43)C2=O)cc1. The summed E-state index contributed by atoms with van der Waals surface area (Å²) in [6, 6.07) is 28.1. The van der Waals surface area contributed by atoms with Crippen LogP contribution in [0.3, 0.4) is 0 Å². The number of carbonyl (C=O) groups excluding carboxylic acids is 6. The number of hydrogen-bond acceptors (Lipinski definition) is 13. The molecule has 84 heavy (non-hydrogen) atoms. The van der Waals surface area contributed by atoms with Crippen molar-refractivity contribution in [2.45, 2.75) is 116 Å². The highest BCUT2D eigenvalue weighted by Crippen LogP contribution is 2.45. The number of rotatable bonds is 14. The molecule has 5 aliphatic heterocycles. The molecule has 3 aromatic heterocycles. The third kappa shape index (κ3) is 12.0. The van der Waals surface area contributed by atoms with Gasteiger partial charge in [-0.2, -0.15) is 0 Å². The van der Waals surface area contributed by atoms with Gasteiger partial charge in [0, 0.05) is 106 Å². The molecule has 0 aliphatic carbocycles. The van der Waals surface area contributed by atoms with Gasteiger partial charge < -0.3 is 23.8 Å². The van der Waals surface area contributed by atoms with Gasteiger partial charge in [-0.3, -0.25) is 48.9 Å². The Morgan fingerprint density at radius 1 is 0.774 bits per heavy atom. The molecule has 4 saturated heterocycles. The number of anilines is 2. The third-order valence-electron chi connectivity index (χ3n) is 18.0. The van der Waals surface area contributed by atoms with Crippen molar-refractivity contribution < 1.29 is 38.2 Å². The number of pyridine rings is 2. The summed E-state index contributed by atoms with van der Waals surface area (Å²) in [6.45, 7) is 20.3. The third-order valence-corrected chi connectivity index (χ3v) is 18.0. The molecular formula is C66H78N10O8. The summed E-state index contributed by atoms with van der Waals surface area (Å²) >= 11 is 0. The van der Waals surface area contributed by atoms with Crippen LogP contribution in [0.5, 0.6) is 5.75 Å². The molecule has 1 N–H and O–H groups in total. The van der Waals surface area contributed by atoms with Gasteiger partial charge in [-0.15, -0.1) is 0 Å². The minimum atomic E-state index is -1.41. The minimum Gasteiger partial charge on any atom is -0.497 e. The Morgan fingerprint density at radius 3 is 2.13 bits per heavy atom. The van der Waals surface area contributed by atoms with Gasteiger partial charge in [0.05, 0.1) is 25.5 Å². The van der Waals surface area contributed by atoms with E-state index < -0.39 is 47.2 Å². The maximum absolute atomic E-state index is 14.2. The number of aryl methyl sites for hydroxylation is 1. The van der Waals surface area contributed by atoms with Crippen LogP contribution in [0.2, 0.25) is 0 Å². The van der Waals surface area contributed by atoms with Crippen molar-refractivity contribution in [1.82, 2.24) is 39.0 Å². The van der Waals surface area contributed by atoms with Gasteiger partial charge in [-0.25, -0.2) is 14.8 Å². The zero-order chi connectivity index (χ0) is 59.2. The molecule has 6 aromatic rings. The summed E-state index contributed by atoms with van der Waals surface area (Å²) in [5.74, 6) is -0.0383. The lowest BCUT2D eigenvalue weighted by molar-refractivity contribution is -0.154. The number of nitrogens with one attached hydrogen (secondary N) is 1. The van der Waals surface area contributed by atoms with Gasteiger partial charge >= 0.3 is 6.09 Å². The Kier molecular flexibility index (Phi) is 16.4. The second kappa shape index (κ2) is 23.7. The fourth-order valence-electron chi connectivity index (χ4n) is 13.1. The highest BCUT2D eigenvalue weighted by atomic mass is 16.6. The van der Waals surface area contributed by atoms with Crippen LogP contribution in [-0.4, -0.2) is 152 Å². The molecule has 440 valence electrons. The van der Waals surface area contributed by atoms with Crippen molar-refractivity contribution in [2.75, 3.05) is 76.2 Å². The Hall–Kier alpha value is -7.80. The number of amides is 5. The molecule has 4 fully saturated rings. The van der Waals surface area contributed by atoms with Crippen LogP contribution in [0, 0.1) is 5.92 Å². The fourth-order valence-corrected chi connectivity index (χ4v) is 13.1. The van der Waals surface area contributed by atoms with E-state index in [0.717, 1.165) is 128 Å². The predicted octanol–water partition coefficient (Wildman–Crippen LogP) is 9.12. The second-order valence-corrected chi connectivity index (χ2v) is 25.1. The lowest BCUT2D eigenvalue weighted by atomic mass is 9.85. The summed E-state index contributed by atoms with van der Waals surface area (Å²) in [5, 5.41) is 3.77. The molecule has 8 heterocycles. The summed E-state index contributed by atoms with van der Waals surface area (Å²) in [4.78, 5) is 102. The average molecular weight is 1140 g/mol. The lowest BCUT2D eigenvalue weighted by Crippen LogP contribution is -2.60. The Balaban J connectivity index is 0.624. The zero-order valence-corrected chi connectivity index (χ0v) is 49.7. The molecule has 0 bridgehead atoms. The number of imide groups is 1. The normalized spacial score (nSPS) is 20.0. The van der Waals surface area contributed by atoms with Crippen molar-refractivity contribution in [3.63, 3.8) is 0 Å². The molecule has 5 aliphatic rings. The van der Waals surface area contributed by atoms with Crippen LogP contribution >= 0.6 is 0 Å². The van der Waals surface area contributed by atoms with Gasteiger partial charge in [0.15, 0.2) is 11.8 Å². The Morgan fingerprint density at radius 2 is 1.46 bits per heavy atom. The van der Waals surface area contributed by atoms with E-state index >= 15 is 0 Å². The molecule has 3 aromatic carbocycles. The van der Waals surface area contributed by atoms with Crippen LogP contribution in [0.25, 0.3) is 22.2 Å². The number of hydrogen-bond donors (Lipinski definition) is 1. The lowest BCUT2D eigenvalue weighted by Gasteiger charge is -2.39. The van der Waals surface area contributed by atoms with Crippen molar-refractivity contribution in [1.29, 1.82) is 0 Å². The number of ether oxygens (including phenoxy) is 2. The molecule has 0 radical (unpaired) electrons. The first-order valence-corrected chi connectivity index (χ1v) is 29.7. The molecule has 18 nitrogen and oxygen atoms in total. The standard InChI is InChI=1S/C66H78N10O8/c1-42(55-36-52-51(21-26-67-60(52)70(55)7)49-16-20-57(68-38-49)69-64(82)84-65(2,3)4)73-29-24-47(25-30-73)46-12-14-48(15-13-46)61(79)74-27-22-44(23-28-74)39-71-31-33-72(34-32-71)40-45-11-19-54-53(35-45)66(5,6)63(81)76(54)59-56(77)37-58(78)75(62(59)80)41-43-9-17-50(83-8)18-10-43/h9-21,26,35-36,38,42,44,47,59H,22-25,27-34,37,39-41H2,1-8H3,(H,68,69,82)/t42-,59?/m0/s1.